The number of benzene rings is 1. The number of hydrogen-bond acceptors (Lipinski definition) is 4. The molecule has 0 saturated carbocycles. The summed E-state index contributed by atoms with van der Waals surface area (Å²) >= 11 is 0. The molecule has 3 aromatic rings. The van der Waals surface area contributed by atoms with E-state index in [0.717, 1.165) is 0 Å². The maximum atomic E-state index is 12.2. The number of hydrogen-bond donors (Lipinski definition) is 1. The summed E-state index contributed by atoms with van der Waals surface area (Å²) in [5.41, 5.74) is -0.412. The zero-order chi connectivity index (χ0) is 14.1. The van der Waals surface area contributed by atoms with Gasteiger partial charge >= 0.3 is 5.63 Å². The molecular formula is C15H9NO4. The molecule has 0 saturated heterocycles. The molecule has 0 aliphatic heterocycles. The van der Waals surface area contributed by atoms with Crippen molar-refractivity contribution in [1.29, 1.82) is 0 Å². The quantitative estimate of drug-likeness (QED) is 0.566. The SMILES string of the molecule is O=C(c1ccc(=O)[nH]c1)c1cc2ccccc2oc1=O. The number of rotatable bonds is 2. The Kier molecular flexibility index (Phi) is 2.80. The van der Waals surface area contributed by atoms with Crippen LogP contribution in [0.5, 0.6) is 0 Å². The number of fused-ring (bicyclic) bond motifs is 1. The van der Waals surface area contributed by atoms with Crippen molar-refractivity contribution in [2.75, 3.05) is 0 Å². The first kappa shape index (κ1) is 12.1. The van der Waals surface area contributed by atoms with E-state index in [1.54, 1.807) is 24.3 Å². The number of H-pyrrole nitrogens is 1. The van der Waals surface area contributed by atoms with Gasteiger partial charge in [-0.15, -0.1) is 0 Å². The molecule has 5 nitrogen and oxygen atoms in total. The monoisotopic (exact) mass is 267 g/mol. The molecule has 0 fully saturated rings. The van der Waals surface area contributed by atoms with E-state index in [9.17, 15) is 14.4 Å². The van der Waals surface area contributed by atoms with Crippen molar-refractivity contribution >= 4 is 16.8 Å². The summed E-state index contributed by atoms with van der Waals surface area (Å²) < 4.78 is 5.11. The Morgan fingerprint density at radius 2 is 1.85 bits per heavy atom. The third kappa shape index (κ3) is 2.05. The fourth-order valence-electron chi connectivity index (χ4n) is 1.93. The van der Waals surface area contributed by atoms with E-state index in [4.69, 9.17) is 4.42 Å². The molecule has 3 rings (SSSR count). The van der Waals surface area contributed by atoms with Crippen LogP contribution >= 0.6 is 0 Å². The summed E-state index contributed by atoms with van der Waals surface area (Å²) in [7, 11) is 0. The van der Waals surface area contributed by atoms with Crippen LogP contribution in [0.1, 0.15) is 15.9 Å². The van der Waals surface area contributed by atoms with Crippen molar-refractivity contribution in [3.8, 4) is 0 Å². The van der Waals surface area contributed by atoms with Crippen LogP contribution in [0.25, 0.3) is 11.0 Å². The molecule has 1 aromatic carbocycles. The average Bonchev–Trinajstić information content (AvgIpc) is 2.46. The van der Waals surface area contributed by atoms with E-state index in [0.29, 0.717) is 11.0 Å². The predicted octanol–water partition coefficient (Wildman–Crippen LogP) is 1.71. The van der Waals surface area contributed by atoms with Gasteiger partial charge in [0, 0.05) is 23.2 Å². The third-order valence-electron chi connectivity index (χ3n) is 2.93. The molecule has 1 N–H and O–H groups in total. The number of nitrogens with one attached hydrogen (secondary N) is 1. The van der Waals surface area contributed by atoms with Gasteiger partial charge in [0.2, 0.25) is 11.3 Å². The van der Waals surface area contributed by atoms with Crippen molar-refractivity contribution < 1.29 is 9.21 Å². The van der Waals surface area contributed by atoms with Crippen molar-refractivity contribution in [2.24, 2.45) is 0 Å². The Morgan fingerprint density at radius 1 is 1.05 bits per heavy atom. The number of aromatic amines is 1. The van der Waals surface area contributed by atoms with E-state index in [1.165, 1.54) is 24.4 Å². The van der Waals surface area contributed by atoms with Gasteiger partial charge in [-0.1, -0.05) is 18.2 Å². The number of carbonyl (C=O) groups is 1. The minimum atomic E-state index is -0.695. The molecule has 2 aromatic heterocycles. The van der Waals surface area contributed by atoms with Gasteiger partial charge in [-0.3, -0.25) is 9.59 Å². The summed E-state index contributed by atoms with van der Waals surface area (Å²) in [6.45, 7) is 0. The van der Waals surface area contributed by atoms with E-state index < -0.39 is 11.4 Å². The first-order chi connectivity index (χ1) is 9.65. The highest BCUT2D eigenvalue weighted by Crippen LogP contribution is 2.14. The molecule has 0 unspecified atom stereocenters. The van der Waals surface area contributed by atoms with Gasteiger partial charge in [-0.25, -0.2) is 4.79 Å². The lowest BCUT2D eigenvalue weighted by Crippen LogP contribution is -2.16. The van der Waals surface area contributed by atoms with Crippen LogP contribution in [0, 0.1) is 0 Å². The number of para-hydroxylation sites is 1. The van der Waals surface area contributed by atoms with E-state index >= 15 is 0 Å². The maximum Gasteiger partial charge on any atom is 0.347 e. The van der Waals surface area contributed by atoms with Gasteiger partial charge < -0.3 is 9.40 Å². The minimum Gasteiger partial charge on any atom is -0.422 e. The molecular weight excluding hydrogens is 258 g/mol. The molecule has 2 heterocycles. The molecule has 0 spiro atoms. The van der Waals surface area contributed by atoms with Crippen LogP contribution in [0.4, 0.5) is 0 Å². The van der Waals surface area contributed by atoms with Crippen molar-refractivity contribution in [3.05, 3.63) is 80.6 Å². The highest BCUT2D eigenvalue weighted by Gasteiger charge is 2.15. The lowest BCUT2D eigenvalue weighted by molar-refractivity contribution is 0.103. The molecule has 0 radical (unpaired) electrons. The third-order valence-corrected chi connectivity index (χ3v) is 2.93. The van der Waals surface area contributed by atoms with Crippen molar-refractivity contribution in [2.45, 2.75) is 0 Å². The summed E-state index contributed by atoms with van der Waals surface area (Å²) in [6, 6.07) is 11.0. The molecule has 0 aliphatic rings. The molecule has 20 heavy (non-hydrogen) atoms. The van der Waals surface area contributed by atoms with E-state index in [1.807, 2.05) is 0 Å². The fraction of sp³-hybridized carbons (Fsp3) is 0. The number of carbonyl (C=O) groups excluding carboxylic acids is 1. The van der Waals surface area contributed by atoms with Gasteiger partial charge in [0.1, 0.15) is 11.1 Å². The van der Waals surface area contributed by atoms with E-state index in [-0.39, 0.29) is 16.7 Å². The second-order valence-corrected chi connectivity index (χ2v) is 4.26. The second kappa shape index (κ2) is 4.62. The first-order valence-corrected chi connectivity index (χ1v) is 5.91. The van der Waals surface area contributed by atoms with Crippen LogP contribution in [0.3, 0.4) is 0 Å². The Morgan fingerprint density at radius 3 is 2.60 bits per heavy atom. The molecule has 0 aliphatic carbocycles. The van der Waals surface area contributed by atoms with Crippen LogP contribution in [-0.2, 0) is 0 Å². The average molecular weight is 267 g/mol. The van der Waals surface area contributed by atoms with Gasteiger partial charge in [0.15, 0.2) is 0 Å². The van der Waals surface area contributed by atoms with Crippen LogP contribution < -0.4 is 11.2 Å². The summed E-state index contributed by atoms with van der Waals surface area (Å²) in [6.07, 6.45) is 1.28. The molecule has 5 heteroatoms. The van der Waals surface area contributed by atoms with Crippen LogP contribution in [0.15, 0.2) is 62.7 Å². The van der Waals surface area contributed by atoms with Gasteiger partial charge in [0.05, 0.1) is 0 Å². The van der Waals surface area contributed by atoms with Crippen molar-refractivity contribution in [1.82, 2.24) is 4.98 Å². The van der Waals surface area contributed by atoms with Gasteiger partial charge in [0.25, 0.3) is 0 Å². The second-order valence-electron chi connectivity index (χ2n) is 4.26. The standard InChI is InChI=1S/C15H9NO4/c17-13-6-5-10(8-16-13)14(18)11-7-9-3-1-2-4-12(9)20-15(11)19/h1-8H,(H,16,17). The Hall–Kier alpha value is -2.95. The lowest BCUT2D eigenvalue weighted by Gasteiger charge is -2.01. The fourth-order valence-corrected chi connectivity index (χ4v) is 1.93. The predicted molar refractivity (Wildman–Crippen MR) is 73.0 cm³/mol. The largest absolute Gasteiger partial charge is 0.422 e. The Balaban J connectivity index is 2.16. The Bertz CT molecular complexity index is 900. The summed E-state index contributed by atoms with van der Waals surface area (Å²) in [4.78, 5) is 37.5. The number of pyridine rings is 1. The zero-order valence-electron chi connectivity index (χ0n) is 10.3. The summed E-state index contributed by atoms with van der Waals surface area (Å²) in [5.74, 6) is -0.485. The topological polar surface area (TPSA) is 80.1 Å². The minimum absolute atomic E-state index is 0.0595. The molecule has 0 bridgehead atoms. The van der Waals surface area contributed by atoms with Gasteiger partial charge in [-0.2, -0.15) is 0 Å². The first-order valence-electron chi connectivity index (χ1n) is 5.91. The lowest BCUT2D eigenvalue weighted by atomic mass is 10.1. The molecule has 0 amide bonds. The highest BCUT2D eigenvalue weighted by atomic mass is 16.4. The van der Waals surface area contributed by atoms with Crippen LogP contribution in [-0.4, -0.2) is 10.8 Å². The molecule has 0 atom stereocenters. The smallest absolute Gasteiger partial charge is 0.347 e. The number of ketones is 1. The Labute approximate surface area is 112 Å². The number of aromatic nitrogens is 1. The van der Waals surface area contributed by atoms with Crippen molar-refractivity contribution in [3.63, 3.8) is 0 Å². The summed E-state index contributed by atoms with van der Waals surface area (Å²) in [5, 5.41) is 0.667. The normalized spacial score (nSPS) is 10.6. The zero-order valence-corrected chi connectivity index (χ0v) is 10.3. The highest BCUT2D eigenvalue weighted by molar-refractivity contribution is 6.09. The molecule has 98 valence electrons. The maximum absolute atomic E-state index is 12.2. The van der Waals surface area contributed by atoms with Gasteiger partial charge in [-0.05, 0) is 18.2 Å². The van der Waals surface area contributed by atoms with E-state index in [2.05, 4.69) is 4.98 Å². The van der Waals surface area contributed by atoms with Crippen LogP contribution in [0.2, 0.25) is 0 Å².